The number of benzene rings is 1. The fourth-order valence-corrected chi connectivity index (χ4v) is 2.71. The molecule has 3 aromatic rings. The summed E-state index contributed by atoms with van der Waals surface area (Å²) in [7, 11) is 1.68. The van der Waals surface area contributed by atoms with Gasteiger partial charge in [0.1, 0.15) is 11.6 Å². The number of methoxy groups -OCH3 is 1. The Balaban J connectivity index is 2.28. The average molecular weight is 245 g/mol. The first-order valence-corrected chi connectivity index (χ1v) is 6.03. The molecule has 0 spiro atoms. The summed E-state index contributed by atoms with van der Waals surface area (Å²) in [5.41, 5.74) is 7.46. The molecular weight excluding hydrogens is 234 g/mol. The number of fused-ring (bicyclic) bond motifs is 1. The number of aromatic amines is 1. The highest BCUT2D eigenvalue weighted by Crippen LogP contribution is 2.38. The van der Waals surface area contributed by atoms with Crippen LogP contribution in [-0.2, 0) is 0 Å². The van der Waals surface area contributed by atoms with E-state index in [4.69, 9.17) is 10.5 Å². The Kier molecular flexibility index (Phi) is 2.26. The number of nitrogen functional groups attached to an aromatic ring is 1. The maximum absolute atomic E-state index is 5.62. The van der Waals surface area contributed by atoms with Crippen molar-refractivity contribution in [1.82, 2.24) is 10.2 Å². The molecule has 1 aromatic carbocycles. The molecule has 0 bridgehead atoms. The lowest BCUT2D eigenvalue weighted by Crippen LogP contribution is -1.88. The zero-order chi connectivity index (χ0) is 11.8. The van der Waals surface area contributed by atoms with Crippen LogP contribution >= 0.6 is 11.3 Å². The van der Waals surface area contributed by atoms with Crippen LogP contribution in [0.15, 0.2) is 29.6 Å². The quantitative estimate of drug-likeness (QED) is 0.729. The Bertz CT molecular complexity index is 671. The first kappa shape index (κ1) is 10.2. The topological polar surface area (TPSA) is 63.9 Å². The summed E-state index contributed by atoms with van der Waals surface area (Å²) >= 11 is 1.70. The van der Waals surface area contributed by atoms with Crippen molar-refractivity contribution < 1.29 is 4.74 Å². The van der Waals surface area contributed by atoms with Crippen LogP contribution < -0.4 is 10.5 Å². The van der Waals surface area contributed by atoms with Crippen molar-refractivity contribution in [2.75, 3.05) is 12.8 Å². The van der Waals surface area contributed by atoms with E-state index < -0.39 is 0 Å². The molecule has 86 valence electrons. The van der Waals surface area contributed by atoms with Gasteiger partial charge in [0, 0.05) is 21.7 Å². The molecular formula is C12H11N3OS. The predicted molar refractivity (Wildman–Crippen MR) is 70.4 cm³/mol. The maximum atomic E-state index is 5.62. The van der Waals surface area contributed by atoms with Gasteiger partial charge in [-0.25, -0.2) is 0 Å². The van der Waals surface area contributed by atoms with Crippen LogP contribution in [0.5, 0.6) is 5.75 Å². The van der Waals surface area contributed by atoms with Crippen LogP contribution in [-0.4, -0.2) is 17.3 Å². The van der Waals surface area contributed by atoms with E-state index in [0.717, 1.165) is 22.4 Å². The summed E-state index contributed by atoms with van der Waals surface area (Å²) in [4.78, 5) is 0. The molecule has 0 saturated carbocycles. The number of aromatic nitrogens is 2. The van der Waals surface area contributed by atoms with Crippen LogP contribution in [0.1, 0.15) is 0 Å². The van der Waals surface area contributed by atoms with Gasteiger partial charge in [-0.1, -0.05) is 0 Å². The van der Waals surface area contributed by atoms with E-state index in [2.05, 4.69) is 27.7 Å². The number of nitrogens with zero attached hydrogens (tertiary/aromatic N) is 1. The molecule has 4 nitrogen and oxygen atoms in total. The van der Waals surface area contributed by atoms with E-state index in [1.54, 1.807) is 24.5 Å². The zero-order valence-electron chi connectivity index (χ0n) is 9.23. The van der Waals surface area contributed by atoms with Gasteiger partial charge >= 0.3 is 0 Å². The van der Waals surface area contributed by atoms with E-state index >= 15 is 0 Å². The molecule has 0 aliphatic heterocycles. The fourth-order valence-electron chi connectivity index (χ4n) is 1.92. The maximum Gasteiger partial charge on any atom is 0.145 e. The van der Waals surface area contributed by atoms with Gasteiger partial charge in [-0.3, -0.25) is 5.10 Å². The number of thiophene rings is 1. The minimum Gasteiger partial charge on any atom is -0.495 e. The van der Waals surface area contributed by atoms with Crippen molar-refractivity contribution in [2.24, 2.45) is 0 Å². The molecule has 0 radical (unpaired) electrons. The molecule has 3 rings (SSSR count). The highest BCUT2D eigenvalue weighted by atomic mass is 32.1. The Labute approximate surface area is 102 Å². The van der Waals surface area contributed by atoms with Crippen molar-refractivity contribution in [3.05, 3.63) is 29.6 Å². The van der Waals surface area contributed by atoms with E-state index in [1.165, 1.54) is 4.70 Å². The summed E-state index contributed by atoms with van der Waals surface area (Å²) < 4.78 is 6.71. The molecule has 0 fully saturated rings. The van der Waals surface area contributed by atoms with Crippen LogP contribution in [0.25, 0.3) is 21.3 Å². The standard InChI is InChI=1S/C12H11N3OS/c1-16-12-7(9-6-11(13)15-14-9)2-3-10-8(12)4-5-17-10/h2-6H,1H3,(H3,13,14,15). The number of rotatable bonds is 2. The highest BCUT2D eigenvalue weighted by molar-refractivity contribution is 7.17. The van der Waals surface area contributed by atoms with E-state index in [9.17, 15) is 0 Å². The van der Waals surface area contributed by atoms with Crippen molar-refractivity contribution in [2.45, 2.75) is 0 Å². The van der Waals surface area contributed by atoms with Gasteiger partial charge < -0.3 is 10.5 Å². The van der Waals surface area contributed by atoms with E-state index in [-0.39, 0.29) is 0 Å². The molecule has 3 N–H and O–H groups in total. The second kappa shape index (κ2) is 3.78. The number of anilines is 1. The predicted octanol–water partition coefficient (Wildman–Crippen LogP) is 2.88. The Morgan fingerprint density at radius 2 is 2.24 bits per heavy atom. The third kappa shape index (κ3) is 1.55. The van der Waals surface area contributed by atoms with Gasteiger partial charge in [0.15, 0.2) is 0 Å². The number of hydrogen-bond acceptors (Lipinski definition) is 4. The van der Waals surface area contributed by atoms with Crippen molar-refractivity contribution in [3.63, 3.8) is 0 Å². The lowest BCUT2D eigenvalue weighted by Gasteiger charge is -2.07. The molecule has 0 unspecified atom stereocenters. The number of hydrogen-bond donors (Lipinski definition) is 2. The summed E-state index contributed by atoms with van der Waals surface area (Å²) in [5.74, 6) is 1.33. The van der Waals surface area contributed by atoms with Crippen LogP contribution in [0.3, 0.4) is 0 Å². The monoisotopic (exact) mass is 245 g/mol. The van der Waals surface area contributed by atoms with Gasteiger partial charge in [0.25, 0.3) is 0 Å². The number of nitrogens with one attached hydrogen (secondary N) is 1. The summed E-state index contributed by atoms with van der Waals surface area (Å²) in [6, 6.07) is 7.96. The summed E-state index contributed by atoms with van der Waals surface area (Å²) in [6.45, 7) is 0. The third-order valence-electron chi connectivity index (χ3n) is 2.68. The SMILES string of the molecule is COc1c(-c2cc(N)n[nH]2)ccc2sccc12. The van der Waals surface area contributed by atoms with Gasteiger partial charge in [0.2, 0.25) is 0 Å². The van der Waals surface area contributed by atoms with Crippen LogP contribution in [0.2, 0.25) is 0 Å². The highest BCUT2D eigenvalue weighted by Gasteiger charge is 2.12. The number of ether oxygens (including phenoxy) is 1. The minimum absolute atomic E-state index is 0.479. The molecule has 2 aromatic heterocycles. The second-order valence-electron chi connectivity index (χ2n) is 3.69. The van der Waals surface area contributed by atoms with Crippen molar-refractivity contribution in [1.29, 1.82) is 0 Å². The molecule has 0 aliphatic rings. The molecule has 0 amide bonds. The first-order chi connectivity index (χ1) is 8.29. The number of H-pyrrole nitrogens is 1. The van der Waals surface area contributed by atoms with E-state index in [1.807, 2.05) is 6.07 Å². The third-order valence-corrected chi connectivity index (χ3v) is 3.56. The molecule has 0 saturated heterocycles. The molecule has 17 heavy (non-hydrogen) atoms. The van der Waals surface area contributed by atoms with Gasteiger partial charge in [-0.05, 0) is 23.6 Å². The normalized spacial score (nSPS) is 10.9. The summed E-state index contributed by atoms with van der Waals surface area (Å²) in [5, 5.41) is 10.0. The Hall–Kier alpha value is -2.01. The van der Waals surface area contributed by atoms with Gasteiger partial charge in [0.05, 0.1) is 12.8 Å². The smallest absolute Gasteiger partial charge is 0.145 e. The minimum atomic E-state index is 0.479. The number of nitrogens with two attached hydrogens (primary N) is 1. The lowest BCUT2D eigenvalue weighted by atomic mass is 10.1. The fraction of sp³-hybridized carbons (Fsp3) is 0.0833. The Morgan fingerprint density at radius 1 is 1.35 bits per heavy atom. The van der Waals surface area contributed by atoms with Gasteiger partial charge in [-0.2, -0.15) is 5.10 Å². The van der Waals surface area contributed by atoms with Crippen molar-refractivity contribution in [3.8, 4) is 17.0 Å². The Morgan fingerprint density at radius 3 is 2.94 bits per heavy atom. The largest absolute Gasteiger partial charge is 0.495 e. The molecule has 0 aliphatic carbocycles. The average Bonchev–Trinajstić information content (AvgIpc) is 2.95. The van der Waals surface area contributed by atoms with Crippen LogP contribution in [0, 0.1) is 0 Å². The lowest BCUT2D eigenvalue weighted by molar-refractivity contribution is 0.421. The summed E-state index contributed by atoms with van der Waals surface area (Å²) in [6.07, 6.45) is 0. The molecule has 0 atom stereocenters. The van der Waals surface area contributed by atoms with Gasteiger partial charge in [-0.15, -0.1) is 11.3 Å². The zero-order valence-corrected chi connectivity index (χ0v) is 10.0. The van der Waals surface area contributed by atoms with Crippen LogP contribution in [0.4, 0.5) is 5.82 Å². The second-order valence-corrected chi connectivity index (χ2v) is 4.63. The first-order valence-electron chi connectivity index (χ1n) is 5.15. The molecule has 2 heterocycles. The molecule has 5 heteroatoms. The van der Waals surface area contributed by atoms with E-state index in [0.29, 0.717) is 5.82 Å². The van der Waals surface area contributed by atoms with Crippen molar-refractivity contribution >= 4 is 27.2 Å².